The second-order valence-corrected chi connectivity index (χ2v) is 6.33. The largest absolute Gasteiger partial charge is 0.465 e. The Morgan fingerprint density at radius 3 is 2.38 bits per heavy atom. The van der Waals surface area contributed by atoms with Gasteiger partial charge < -0.3 is 14.5 Å². The minimum atomic E-state index is -1.05. The predicted octanol–water partition coefficient (Wildman–Crippen LogP) is 1.82. The van der Waals surface area contributed by atoms with Crippen LogP contribution in [-0.2, 0) is 9.47 Å². The van der Waals surface area contributed by atoms with Crippen LogP contribution < -0.4 is 0 Å². The molecule has 1 aromatic carbocycles. The molecule has 0 aliphatic heterocycles. The number of methoxy groups -OCH3 is 1. The fraction of sp³-hybridized carbons (Fsp3) is 0.263. The quantitative estimate of drug-likeness (QED) is 0.493. The van der Waals surface area contributed by atoms with Crippen LogP contribution >= 0.6 is 0 Å². The molecular weight excluding hydrogens is 378 g/mol. The molecule has 0 bridgehead atoms. The highest BCUT2D eigenvalue weighted by atomic mass is 16.5. The molecule has 1 N–H and O–H groups in total. The topological polar surface area (TPSA) is 129 Å². The van der Waals surface area contributed by atoms with E-state index in [1.54, 1.807) is 38.1 Å². The lowest BCUT2D eigenvalue weighted by atomic mass is 10.1. The second kappa shape index (κ2) is 8.05. The maximum absolute atomic E-state index is 12.7. The summed E-state index contributed by atoms with van der Waals surface area (Å²) in [6.45, 7) is 4.78. The molecule has 29 heavy (non-hydrogen) atoms. The summed E-state index contributed by atoms with van der Waals surface area (Å²) in [5.74, 6) is -1.63. The van der Waals surface area contributed by atoms with Gasteiger partial charge >= 0.3 is 11.9 Å². The summed E-state index contributed by atoms with van der Waals surface area (Å²) < 4.78 is 11.5. The smallest absolute Gasteiger partial charge is 0.339 e. The standard InChI is InChI=1S/C19H19N5O5/c1-10-15(19(27)28-4)11(2)21-16(10)17(25)12(3)29-18(26)13-5-7-14(8-6-13)24-9-20-22-23-24/h5-9,12,21H,1-4H3/t12-/m1/s1. The highest BCUT2D eigenvalue weighted by molar-refractivity contribution is 6.04. The number of aromatic nitrogens is 5. The van der Waals surface area contributed by atoms with E-state index in [4.69, 9.17) is 9.47 Å². The normalized spacial score (nSPS) is 11.7. The highest BCUT2D eigenvalue weighted by Gasteiger charge is 2.27. The molecule has 0 fully saturated rings. The average Bonchev–Trinajstić information content (AvgIpc) is 3.35. The lowest BCUT2D eigenvalue weighted by Gasteiger charge is -2.12. The molecule has 2 heterocycles. The Morgan fingerprint density at radius 2 is 1.79 bits per heavy atom. The van der Waals surface area contributed by atoms with Crippen molar-refractivity contribution in [2.24, 2.45) is 0 Å². The van der Waals surface area contributed by atoms with Gasteiger partial charge in [0.2, 0.25) is 5.78 Å². The molecule has 150 valence electrons. The summed E-state index contributed by atoms with van der Waals surface area (Å²) in [6, 6.07) is 6.41. The van der Waals surface area contributed by atoms with E-state index in [0.717, 1.165) is 0 Å². The number of rotatable bonds is 6. The second-order valence-electron chi connectivity index (χ2n) is 6.33. The van der Waals surface area contributed by atoms with Crippen LogP contribution in [0.15, 0.2) is 30.6 Å². The van der Waals surface area contributed by atoms with Crippen molar-refractivity contribution in [1.82, 2.24) is 25.2 Å². The molecule has 0 amide bonds. The monoisotopic (exact) mass is 397 g/mol. The Hall–Kier alpha value is -3.82. The lowest BCUT2D eigenvalue weighted by molar-refractivity contribution is 0.0316. The number of aromatic amines is 1. The van der Waals surface area contributed by atoms with Crippen LogP contribution in [0, 0.1) is 13.8 Å². The number of esters is 2. The number of tetrazole rings is 1. The fourth-order valence-corrected chi connectivity index (χ4v) is 2.92. The number of nitrogens with zero attached hydrogens (tertiary/aromatic N) is 4. The Morgan fingerprint density at radius 1 is 1.10 bits per heavy atom. The van der Waals surface area contributed by atoms with E-state index in [1.165, 1.54) is 25.0 Å². The van der Waals surface area contributed by atoms with Crippen LogP contribution in [0.5, 0.6) is 0 Å². The van der Waals surface area contributed by atoms with Crippen molar-refractivity contribution in [2.75, 3.05) is 7.11 Å². The van der Waals surface area contributed by atoms with Gasteiger partial charge in [0, 0.05) is 5.69 Å². The number of carbonyl (C=O) groups excluding carboxylic acids is 3. The van der Waals surface area contributed by atoms with E-state index >= 15 is 0 Å². The van der Waals surface area contributed by atoms with Gasteiger partial charge in [-0.2, -0.15) is 0 Å². The number of aryl methyl sites for hydroxylation is 1. The zero-order valence-electron chi connectivity index (χ0n) is 16.3. The number of benzene rings is 1. The number of nitrogens with one attached hydrogen (secondary N) is 1. The number of H-pyrrole nitrogens is 1. The van der Waals surface area contributed by atoms with E-state index < -0.39 is 23.8 Å². The Labute approximate surface area is 165 Å². The van der Waals surface area contributed by atoms with Crippen molar-refractivity contribution in [3.05, 3.63) is 58.7 Å². The Bertz CT molecular complexity index is 1050. The SMILES string of the molecule is COC(=O)c1c(C)[nH]c(C(=O)[C@@H](C)OC(=O)c2ccc(-n3cnnn3)cc2)c1C. The zero-order valence-corrected chi connectivity index (χ0v) is 16.3. The summed E-state index contributed by atoms with van der Waals surface area (Å²) >= 11 is 0. The van der Waals surface area contributed by atoms with Crippen LogP contribution in [0.2, 0.25) is 0 Å². The first-order valence-corrected chi connectivity index (χ1v) is 8.69. The zero-order chi connectivity index (χ0) is 21.1. The molecule has 0 spiro atoms. The molecule has 2 aromatic heterocycles. The third-order valence-electron chi connectivity index (χ3n) is 4.44. The number of hydrogen-bond donors (Lipinski definition) is 1. The van der Waals surface area contributed by atoms with Crippen LogP contribution in [0.4, 0.5) is 0 Å². The molecule has 0 unspecified atom stereocenters. The van der Waals surface area contributed by atoms with E-state index in [0.29, 0.717) is 22.5 Å². The van der Waals surface area contributed by atoms with Gasteiger partial charge in [0.1, 0.15) is 6.33 Å². The van der Waals surface area contributed by atoms with Crippen LogP contribution in [0.1, 0.15) is 49.4 Å². The van der Waals surface area contributed by atoms with Crippen LogP contribution in [0.25, 0.3) is 5.69 Å². The molecule has 0 radical (unpaired) electrons. The Balaban J connectivity index is 1.73. The molecular formula is C19H19N5O5. The van der Waals surface area contributed by atoms with Crippen molar-refractivity contribution in [2.45, 2.75) is 26.9 Å². The van der Waals surface area contributed by atoms with E-state index in [2.05, 4.69) is 20.5 Å². The minimum absolute atomic E-state index is 0.206. The Kier molecular flexibility index (Phi) is 5.53. The maximum Gasteiger partial charge on any atom is 0.339 e. The molecule has 0 aliphatic carbocycles. The van der Waals surface area contributed by atoms with Gasteiger partial charge in [-0.1, -0.05) is 0 Å². The first-order chi connectivity index (χ1) is 13.8. The molecule has 0 aliphatic rings. The molecule has 10 nitrogen and oxygen atoms in total. The van der Waals surface area contributed by atoms with Crippen molar-refractivity contribution < 1.29 is 23.9 Å². The number of ketones is 1. The van der Waals surface area contributed by atoms with Gasteiger partial charge in [0.05, 0.1) is 29.6 Å². The fourth-order valence-electron chi connectivity index (χ4n) is 2.92. The molecule has 0 saturated heterocycles. The van der Waals surface area contributed by atoms with Gasteiger partial charge in [-0.15, -0.1) is 5.10 Å². The molecule has 10 heteroatoms. The van der Waals surface area contributed by atoms with Gasteiger partial charge in [-0.3, -0.25) is 4.79 Å². The highest BCUT2D eigenvalue weighted by Crippen LogP contribution is 2.21. The molecule has 3 aromatic rings. The van der Waals surface area contributed by atoms with Gasteiger partial charge in [-0.05, 0) is 61.0 Å². The predicted molar refractivity (Wildman–Crippen MR) is 100.0 cm³/mol. The summed E-state index contributed by atoms with van der Waals surface area (Å²) in [4.78, 5) is 39.9. The number of hydrogen-bond acceptors (Lipinski definition) is 8. The first-order valence-electron chi connectivity index (χ1n) is 8.69. The van der Waals surface area contributed by atoms with Crippen LogP contribution in [0.3, 0.4) is 0 Å². The van der Waals surface area contributed by atoms with Crippen LogP contribution in [-0.4, -0.2) is 56.1 Å². The third-order valence-corrected chi connectivity index (χ3v) is 4.44. The van der Waals surface area contributed by atoms with Crippen molar-refractivity contribution in [3.8, 4) is 5.69 Å². The summed E-state index contributed by atoms with van der Waals surface area (Å²) in [6.07, 6.45) is 0.376. The van der Waals surface area contributed by atoms with E-state index in [1.807, 2.05) is 0 Å². The number of ether oxygens (including phenoxy) is 2. The number of carbonyl (C=O) groups is 3. The minimum Gasteiger partial charge on any atom is -0.465 e. The first kappa shape index (κ1) is 19.9. The van der Waals surface area contributed by atoms with Crippen molar-refractivity contribution in [1.29, 1.82) is 0 Å². The number of Topliss-reactive ketones (excluding diaryl/α,β-unsaturated/α-hetero) is 1. The summed E-state index contributed by atoms with van der Waals surface area (Å²) in [5.41, 5.74) is 2.41. The molecule has 0 saturated carbocycles. The van der Waals surface area contributed by atoms with Gasteiger partial charge in [-0.25, -0.2) is 14.3 Å². The lowest BCUT2D eigenvalue weighted by Crippen LogP contribution is -2.25. The maximum atomic E-state index is 12.7. The summed E-state index contributed by atoms with van der Waals surface area (Å²) in [5, 5.41) is 10.9. The van der Waals surface area contributed by atoms with E-state index in [9.17, 15) is 14.4 Å². The van der Waals surface area contributed by atoms with E-state index in [-0.39, 0.29) is 11.3 Å². The molecule has 1 atom stereocenters. The summed E-state index contributed by atoms with van der Waals surface area (Å²) in [7, 11) is 1.27. The third kappa shape index (κ3) is 3.91. The average molecular weight is 397 g/mol. The van der Waals surface area contributed by atoms with Crippen molar-refractivity contribution in [3.63, 3.8) is 0 Å². The van der Waals surface area contributed by atoms with Gasteiger partial charge in [0.25, 0.3) is 0 Å². The molecule has 3 rings (SSSR count). The van der Waals surface area contributed by atoms with Gasteiger partial charge in [0.15, 0.2) is 6.10 Å². The van der Waals surface area contributed by atoms with Crippen molar-refractivity contribution >= 4 is 17.7 Å².